The van der Waals surface area contributed by atoms with Crippen LogP contribution in [0.25, 0.3) is 0 Å². The van der Waals surface area contributed by atoms with E-state index in [0.717, 1.165) is 5.56 Å². The van der Waals surface area contributed by atoms with Gasteiger partial charge in [0.15, 0.2) is 0 Å². The summed E-state index contributed by atoms with van der Waals surface area (Å²) in [5.41, 5.74) is 1.48. The first-order valence-corrected chi connectivity index (χ1v) is 12.1. The number of carbonyl (C=O) groups is 2. The van der Waals surface area contributed by atoms with Crippen LogP contribution in [-0.2, 0) is 26.0 Å². The lowest BCUT2D eigenvalue weighted by Crippen LogP contribution is -2.34. The molecule has 0 unspecified atom stereocenters. The van der Waals surface area contributed by atoms with E-state index in [9.17, 15) is 22.4 Å². The molecule has 9 heteroatoms. The lowest BCUT2D eigenvalue weighted by Gasteiger charge is -2.20. The number of anilines is 1. The quantitative estimate of drug-likeness (QED) is 0.622. The van der Waals surface area contributed by atoms with Crippen LogP contribution in [0.1, 0.15) is 25.8 Å². The zero-order valence-electron chi connectivity index (χ0n) is 18.3. The molecule has 0 radical (unpaired) electrons. The molecule has 1 aliphatic heterocycles. The van der Waals surface area contributed by atoms with Crippen molar-refractivity contribution in [1.29, 1.82) is 0 Å². The molecule has 1 atom stereocenters. The van der Waals surface area contributed by atoms with E-state index in [4.69, 9.17) is 0 Å². The van der Waals surface area contributed by atoms with E-state index in [-0.39, 0.29) is 35.5 Å². The molecule has 3 rings (SSSR count). The zero-order chi connectivity index (χ0) is 23.3. The summed E-state index contributed by atoms with van der Waals surface area (Å²) in [5, 5.41) is 2.84. The summed E-state index contributed by atoms with van der Waals surface area (Å²) in [6.07, 6.45) is 0.667. The second-order valence-corrected chi connectivity index (χ2v) is 9.59. The third-order valence-electron chi connectivity index (χ3n) is 5.61. The van der Waals surface area contributed by atoms with Gasteiger partial charge in [0, 0.05) is 38.3 Å². The molecule has 1 heterocycles. The Morgan fingerprint density at radius 1 is 1.09 bits per heavy atom. The molecule has 172 valence electrons. The Bertz CT molecular complexity index is 1050. The van der Waals surface area contributed by atoms with E-state index in [1.807, 2.05) is 0 Å². The second-order valence-electron chi connectivity index (χ2n) is 7.66. The van der Waals surface area contributed by atoms with E-state index in [0.29, 0.717) is 31.7 Å². The molecule has 2 amide bonds. The fourth-order valence-electron chi connectivity index (χ4n) is 3.77. The number of hydrogen-bond donors (Lipinski definition) is 1. The van der Waals surface area contributed by atoms with Crippen molar-refractivity contribution in [2.45, 2.75) is 31.6 Å². The molecule has 1 saturated heterocycles. The third kappa shape index (κ3) is 5.34. The Hall–Kier alpha value is -2.78. The SMILES string of the molecule is CCN(CC)S(=O)(=O)c1ccc(N2C[C@@H](C(=O)NCCc3ccc(F)cc3)CC2=O)cc1. The standard InChI is InChI=1S/C23H28FN3O4S/c1-3-26(4-2)32(30,31)21-11-9-20(10-12-21)27-16-18(15-22(27)28)23(29)25-14-13-17-5-7-19(24)8-6-17/h5-12,18H,3-4,13-16H2,1-2H3,(H,25,29)/t18-/m0/s1. The highest BCUT2D eigenvalue weighted by Gasteiger charge is 2.35. The van der Waals surface area contributed by atoms with Crippen molar-refractivity contribution in [3.63, 3.8) is 0 Å². The Balaban J connectivity index is 1.59. The van der Waals surface area contributed by atoms with Crippen LogP contribution in [0, 0.1) is 11.7 Å². The number of amides is 2. The molecular formula is C23H28FN3O4S. The fraction of sp³-hybridized carbons (Fsp3) is 0.391. The van der Waals surface area contributed by atoms with Gasteiger partial charge in [0.05, 0.1) is 10.8 Å². The van der Waals surface area contributed by atoms with Gasteiger partial charge in [0.2, 0.25) is 21.8 Å². The molecule has 0 aromatic heterocycles. The zero-order valence-corrected chi connectivity index (χ0v) is 19.1. The number of nitrogens with one attached hydrogen (secondary N) is 1. The predicted molar refractivity (Wildman–Crippen MR) is 120 cm³/mol. The fourth-order valence-corrected chi connectivity index (χ4v) is 5.23. The van der Waals surface area contributed by atoms with Crippen molar-refractivity contribution in [3.8, 4) is 0 Å². The van der Waals surface area contributed by atoms with E-state index in [1.165, 1.54) is 33.5 Å². The van der Waals surface area contributed by atoms with Crippen LogP contribution < -0.4 is 10.2 Å². The third-order valence-corrected chi connectivity index (χ3v) is 7.68. The molecule has 0 spiro atoms. The summed E-state index contributed by atoms with van der Waals surface area (Å²) in [7, 11) is -3.57. The van der Waals surface area contributed by atoms with E-state index in [2.05, 4.69) is 5.32 Å². The Labute approximate surface area is 188 Å². The Morgan fingerprint density at radius 2 is 1.72 bits per heavy atom. The Kier molecular flexibility index (Phi) is 7.63. The van der Waals surface area contributed by atoms with Crippen molar-refractivity contribution in [2.75, 3.05) is 31.1 Å². The lowest BCUT2D eigenvalue weighted by molar-refractivity contribution is -0.126. The first-order valence-electron chi connectivity index (χ1n) is 10.7. The van der Waals surface area contributed by atoms with Crippen molar-refractivity contribution < 1.29 is 22.4 Å². The Morgan fingerprint density at radius 3 is 2.31 bits per heavy atom. The maximum absolute atomic E-state index is 13.0. The predicted octanol–water partition coefficient (Wildman–Crippen LogP) is 2.57. The average Bonchev–Trinajstić information content (AvgIpc) is 3.17. The average molecular weight is 462 g/mol. The lowest BCUT2D eigenvalue weighted by atomic mass is 10.1. The molecule has 1 fully saturated rings. The monoisotopic (exact) mass is 461 g/mol. The van der Waals surface area contributed by atoms with Crippen molar-refractivity contribution in [2.24, 2.45) is 5.92 Å². The molecule has 0 aliphatic carbocycles. The second kappa shape index (κ2) is 10.2. The van der Waals surface area contributed by atoms with Gasteiger partial charge in [-0.05, 0) is 48.4 Å². The molecule has 1 aliphatic rings. The van der Waals surface area contributed by atoms with Gasteiger partial charge in [-0.3, -0.25) is 9.59 Å². The molecular weight excluding hydrogens is 433 g/mol. The highest BCUT2D eigenvalue weighted by atomic mass is 32.2. The normalized spacial score (nSPS) is 16.6. The molecule has 2 aromatic carbocycles. The summed E-state index contributed by atoms with van der Waals surface area (Å²) in [4.78, 5) is 26.7. The van der Waals surface area contributed by atoms with Crippen LogP contribution in [0.4, 0.5) is 10.1 Å². The van der Waals surface area contributed by atoms with Crippen LogP contribution in [0.2, 0.25) is 0 Å². The summed E-state index contributed by atoms with van der Waals surface area (Å²) in [5.74, 6) is -1.16. The smallest absolute Gasteiger partial charge is 0.243 e. The van der Waals surface area contributed by atoms with Crippen LogP contribution in [0.5, 0.6) is 0 Å². The number of sulfonamides is 1. The van der Waals surface area contributed by atoms with Crippen molar-refractivity contribution >= 4 is 27.5 Å². The molecule has 32 heavy (non-hydrogen) atoms. The topological polar surface area (TPSA) is 86.8 Å². The minimum absolute atomic E-state index is 0.0991. The minimum atomic E-state index is -3.57. The van der Waals surface area contributed by atoms with Gasteiger partial charge in [-0.2, -0.15) is 4.31 Å². The van der Waals surface area contributed by atoms with Crippen LogP contribution in [0.3, 0.4) is 0 Å². The summed E-state index contributed by atoms with van der Waals surface area (Å²) in [6, 6.07) is 12.3. The number of carbonyl (C=O) groups excluding carboxylic acids is 2. The maximum Gasteiger partial charge on any atom is 0.243 e. The molecule has 0 saturated carbocycles. The summed E-state index contributed by atoms with van der Waals surface area (Å²) < 4.78 is 39.6. The highest BCUT2D eigenvalue weighted by molar-refractivity contribution is 7.89. The number of rotatable bonds is 9. The largest absolute Gasteiger partial charge is 0.355 e. The minimum Gasteiger partial charge on any atom is -0.355 e. The molecule has 7 nitrogen and oxygen atoms in total. The maximum atomic E-state index is 13.0. The van der Waals surface area contributed by atoms with Gasteiger partial charge in [0.1, 0.15) is 5.82 Å². The van der Waals surface area contributed by atoms with Crippen LogP contribution in [-0.4, -0.2) is 50.7 Å². The van der Waals surface area contributed by atoms with Crippen molar-refractivity contribution in [1.82, 2.24) is 9.62 Å². The number of nitrogens with zero attached hydrogens (tertiary/aromatic N) is 2. The number of halogens is 1. The van der Waals surface area contributed by atoms with Gasteiger partial charge in [0.25, 0.3) is 0 Å². The first-order chi connectivity index (χ1) is 15.3. The summed E-state index contributed by atoms with van der Waals surface area (Å²) >= 11 is 0. The number of benzene rings is 2. The van der Waals surface area contributed by atoms with E-state index in [1.54, 1.807) is 38.1 Å². The summed E-state index contributed by atoms with van der Waals surface area (Å²) in [6.45, 7) is 4.95. The van der Waals surface area contributed by atoms with Crippen LogP contribution in [0.15, 0.2) is 53.4 Å². The molecule has 2 aromatic rings. The number of hydrogen-bond acceptors (Lipinski definition) is 4. The van der Waals surface area contributed by atoms with E-state index >= 15 is 0 Å². The van der Waals surface area contributed by atoms with Gasteiger partial charge < -0.3 is 10.2 Å². The van der Waals surface area contributed by atoms with Gasteiger partial charge in [-0.15, -0.1) is 0 Å². The van der Waals surface area contributed by atoms with Gasteiger partial charge in [-0.1, -0.05) is 26.0 Å². The van der Waals surface area contributed by atoms with Crippen molar-refractivity contribution in [3.05, 3.63) is 59.9 Å². The first kappa shape index (κ1) is 23.9. The molecule has 1 N–H and O–H groups in total. The highest BCUT2D eigenvalue weighted by Crippen LogP contribution is 2.27. The van der Waals surface area contributed by atoms with Gasteiger partial charge >= 0.3 is 0 Å². The molecule has 0 bridgehead atoms. The van der Waals surface area contributed by atoms with Crippen LogP contribution >= 0.6 is 0 Å². The van der Waals surface area contributed by atoms with E-state index < -0.39 is 15.9 Å². The van der Waals surface area contributed by atoms with Gasteiger partial charge in [-0.25, -0.2) is 12.8 Å².